The Morgan fingerprint density at radius 3 is 2.87 bits per heavy atom. The Labute approximate surface area is 93.8 Å². The summed E-state index contributed by atoms with van der Waals surface area (Å²) < 4.78 is 5.40. The Morgan fingerprint density at radius 2 is 2.13 bits per heavy atom. The molecule has 0 aliphatic rings. The zero-order valence-electron chi connectivity index (χ0n) is 8.75. The molecule has 1 aromatic carbocycles. The minimum absolute atomic E-state index is 0.552. The highest BCUT2D eigenvalue weighted by Gasteiger charge is 2.02. The second-order valence-corrected chi connectivity index (χ2v) is 3.74. The Balaban J connectivity index is 2.56. The summed E-state index contributed by atoms with van der Waals surface area (Å²) in [6.07, 6.45) is 0. The van der Waals surface area contributed by atoms with Gasteiger partial charge in [-0.15, -0.1) is 0 Å². The average Bonchev–Trinajstić information content (AvgIpc) is 2.21. The van der Waals surface area contributed by atoms with Gasteiger partial charge in [-0.2, -0.15) is 0 Å². The van der Waals surface area contributed by atoms with Crippen LogP contribution in [0.5, 0.6) is 5.75 Å². The van der Waals surface area contributed by atoms with E-state index in [0.29, 0.717) is 11.8 Å². The van der Waals surface area contributed by atoms with Crippen LogP contribution in [-0.2, 0) is 0 Å². The third kappa shape index (κ3) is 2.05. The van der Waals surface area contributed by atoms with E-state index in [0.717, 1.165) is 22.2 Å². The van der Waals surface area contributed by atoms with Crippen molar-refractivity contribution in [3.63, 3.8) is 0 Å². The van der Waals surface area contributed by atoms with Gasteiger partial charge in [-0.05, 0) is 37.6 Å². The highest BCUT2D eigenvalue weighted by Crippen LogP contribution is 2.23. The lowest BCUT2D eigenvalue weighted by atomic mass is 10.2. The fourth-order valence-electron chi connectivity index (χ4n) is 1.49. The van der Waals surface area contributed by atoms with Crippen molar-refractivity contribution in [1.29, 1.82) is 0 Å². The Hall–Kier alpha value is -1.28. The lowest BCUT2D eigenvalue weighted by molar-refractivity contribution is 0.340. The van der Waals surface area contributed by atoms with E-state index in [1.54, 1.807) is 0 Å². The molecule has 0 bridgehead atoms. The van der Waals surface area contributed by atoms with Crippen LogP contribution in [-0.4, -0.2) is 11.6 Å². The molecule has 0 fully saturated rings. The summed E-state index contributed by atoms with van der Waals surface area (Å²) in [7, 11) is 0. The fourth-order valence-corrected chi connectivity index (χ4v) is 1.63. The van der Waals surface area contributed by atoms with Crippen molar-refractivity contribution in [2.75, 3.05) is 6.61 Å². The number of fused-ring (bicyclic) bond motifs is 1. The average molecular weight is 222 g/mol. The Kier molecular flexibility index (Phi) is 2.78. The molecular formula is C12H12ClNO. The van der Waals surface area contributed by atoms with Crippen LogP contribution in [0.15, 0.2) is 24.3 Å². The number of benzene rings is 1. The molecule has 2 aromatic rings. The van der Waals surface area contributed by atoms with Crippen molar-refractivity contribution in [1.82, 2.24) is 4.98 Å². The van der Waals surface area contributed by atoms with Crippen LogP contribution in [0.3, 0.4) is 0 Å². The maximum absolute atomic E-state index is 5.97. The van der Waals surface area contributed by atoms with E-state index in [1.165, 1.54) is 0 Å². The monoisotopic (exact) mass is 221 g/mol. The first-order valence-electron chi connectivity index (χ1n) is 4.90. The van der Waals surface area contributed by atoms with E-state index in [1.807, 2.05) is 38.1 Å². The number of hydrogen-bond donors (Lipinski definition) is 0. The summed E-state index contributed by atoms with van der Waals surface area (Å²) >= 11 is 5.97. The first kappa shape index (κ1) is 10.2. The molecule has 0 atom stereocenters. The largest absolute Gasteiger partial charge is 0.494 e. The summed E-state index contributed by atoms with van der Waals surface area (Å²) in [5.74, 6) is 0.831. The highest BCUT2D eigenvalue weighted by molar-refractivity contribution is 6.30. The number of pyridine rings is 1. The molecule has 1 aromatic heterocycles. The maximum atomic E-state index is 5.97. The van der Waals surface area contributed by atoms with Crippen molar-refractivity contribution in [3.05, 3.63) is 35.0 Å². The second-order valence-electron chi connectivity index (χ2n) is 3.38. The van der Waals surface area contributed by atoms with Gasteiger partial charge in [0.25, 0.3) is 0 Å². The summed E-state index contributed by atoms with van der Waals surface area (Å²) in [6, 6.07) is 7.88. The minimum atomic E-state index is 0.552. The van der Waals surface area contributed by atoms with Gasteiger partial charge in [-0.3, -0.25) is 0 Å². The number of aromatic nitrogens is 1. The number of ether oxygens (including phenoxy) is 1. The van der Waals surface area contributed by atoms with E-state index < -0.39 is 0 Å². The molecule has 0 N–H and O–H groups in total. The third-order valence-corrected chi connectivity index (χ3v) is 2.61. The van der Waals surface area contributed by atoms with Gasteiger partial charge in [0, 0.05) is 11.5 Å². The molecule has 0 aliphatic carbocycles. The summed E-state index contributed by atoms with van der Waals surface area (Å²) in [5, 5.41) is 1.64. The van der Waals surface area contributed by atoms with E-state index >= 15 is 0 Å². The molecule has 78 valence electrons. The van der Waals surface area contributed by atoms with Crippen LogP contribution in [0.4, 0.5) is 0 Å². The molecule has 0 radical (unpaired) electrons. The van der Waals surface area contributed by atoms with Gasteiger partial charge in [0.05, 0.1) is 12.1 Å². The van der Waals surface area contributed by atoms with Gasteiger partial charge in [-0.1, -0.05) is 11.6 Å². The van der Waals surface area contributed by atoms with Gasteiger partial charge >= 0.3 is 0 Å². The third-order valence-electron chi connectivity index (χ3n) is 2.23. The minimum Gasteiger partial charge on any atom is -0.494 e. The molecule has 1 heterocycles. The number of aryl methyl sites for hydroxylation is 1. The first-order valence-corrected chi connectivity index (χ1v) is 5.28. The summed E-state index contributed by atoms with van der Waals surface area (Å²) in [6.45, 7) is 4.57. The standard InChI is InChI=1S/C12H12ClNO/c1-3-15-10-5-4-9-6-8(2)12(13)14-11(9)7-10/h4-7H,3H2,1-2H3. The van der Waals surface area contributed by atoms with Crippen molar-refractivity contribution < 1.29 is 4.74 Å². The van der Waals surface area contributed by atoms with Crippen molar-refractivity contribution >= 4 is 22.5 Å². The van der Waals surface area contributed by atoms with E-state index in [9.17, 15) is 0 Å². The normalized spacial score (nSPS) is 10.6. The van der Waals surface area contributed by atoms with E-state index in [4.69, 9.17) is 16.3 Å². The van der Waals surface area contributed by atoms with E-state index in [-0.39, 0.29) is 0 Å². The van der Waals surface area contributed by atoms with Crippen LogP contribution >= 0.6 is 11.6 Å². The molecule has 0 amide bonds. The van der Waals surface area contributed by atoms with Crippen molar-refractivity contribution in [2.45, 2.75) is 13.8 Å². The quantitative estimate of drug-likeness (QED) is 0.723. The molecular weight excluding hydrogens is 210 g/mol. The van der Waals surface area contributed by atoms with Gasteiger partial charge in [0.2, 0.25) is 0 Å². The zero-order valence-corrected chi connectivity index (χ0v) is 9.51. The van der Waals surface area contributed by atoms with Crippen LogP contribution in [0.2, 0.25) is 5.15 Å². The van der Waals surface area contributed by atoms with Crippen LogP contribution < -0.4 is 4.74 Å². The maximum Gasteiger partial charge on any atom is 0.132 e. The molecule has 0 aliphatic heterocycles. The van der Waals surface area contributed by atoms with Crippen LogP contribution in [0.25, 0.3) is 10.9 Å². The van der Waals surface area contributed by atoms with Gasteiger partial charge < -0.3 is 4.74 Å². The summed E-state index contributed by atoms with van der Waals surface area (Å²) in [5.41, 5.74) is 1.87. The van der Waals surface area contributed by atoms with Gasteiger partial charge in [-0.25, -0.2) is 4.98 Å². The zero-order chi connectivity index (χ0) is 10.8. The van der Waals surface area contributed by atoms with Crippen molar-refractivity contribution in [2.24, 2.45) is 0 Å². The SMILES string of the molecule is CCOc1ccc2cc(C)c(Cl)nc2c1. The molecule has 0 saturated heterocycles. The lowest BCUT2D eigenvalue weighted by Gasteiger charge is -2.05. The van der Waals surface area contributed by atoms with Gasteiger partial charge in [0.1, 0.15) is 10.9 Å². The Morgan fingerprint density at radius 1 is 1.33 bits per heavy atom. The molecule has 3 heteroatoms. The molecule has 2 rings (SSSR count). The fraction of sp³-hybridized carbons (Fsp3) is 0.250. The lowest BCUT2D eigenvalue weighted by Crippen LogP contribution is -1.92. The second kappa shape index (κ2) is 4.07. The predicted octanol–water partition coefficient (Wildman–Crippen LogP) is 3.60. The number of rotatable bonds is 2. The smallest absolute Gasteiger partial charge is 0.132 e. The van der Waals surface area contributed by atoms with Crippen LogP contribution in [0.1, 0.15) is 12.5 Å². The highest BCUT2D eigenvalue weighted by atomic mass is 35.5. The Bertz CT molecular complexity index is 496. The topological polar surface area (TPSA) is 22.1 Å². The summed E-state index contributed by atoms with van der Waals surface area (Å²) in [4.78, 5) is 4.30. The van der Waals surface area contributed by atoms with E-state index in [2.05, 4.69) is 4.98 Å². The molecule has 2 nitrogen and oxygen atoms in total. The molecule has 0 saturated carbocycles. The van der Waals surface area contributed by atoms with Crippen molar-refractivity contribution in [3.8, 4) is 5.75 Å². The first-order chi connectivity index (χ1) is 7.20. The molecule has 0 spiro atoms. The molecule has 0 unspecified atom stereocenters. The molecule has 15 heavy (non-hydrogen) atoms. The number of halogens is 1. The number of hydrogen-bond acceptors (Lipinski definition) is 2. The van der Waals surface area contributed by atoms with Gasteiger partial charge in [0.15, 0.2) is 0 Å². The van der Waals surface area contributed by atoms with Crippen LogP contribution in [0, 0.1) is 6.92 Å². The predicted molar refractivity (Wildman–Crippen MR) is 62.7 cm³/mol. The number of nitrogens with zero attached hydrogens (tertiary/aromatic N) is 1.